The van der Waals surface area contributed by atoms with Crippen LogP contribution in [0.5, 0.6) is 0 Å². The molecule has 0 bridgehead atoms. The molecule has 258 valence electrons. The first kappa shape index (κ1) is 33.2. The van der Waals surface area contributed by atoms with E-state index in [-0.39, 0.29) is 5.78 Å². The summed E-state index contributed by atoms with van der Waals surface area (Å²) in [6.07, 6.45) is 2.85. The summed E-state index contributed by atoms with van der Waals surface area (Å²) in [7, 11) is 0. The summed E-state index contributed by atoms with van der Waals surface area (Å²) in [5, 5.41) is 24.7. The van der Waals surface area contributed by atoms with Gasteiger partial charge in [-0.3, -0.25) is 4.79 Å². The number of ketones is 1. The normalized spacial score (nSPS) is 13.8. The van der Waals surface area contributed by atoms with Crippen LogP contribution in [0, 0.1) is 0 Å². The molecule has 0 saturated heterocycles. The van der Waals surface area contributed by atoms with Crippen molar-refractivity contribution in [1.29, 1.82) is 0 Å². The van der Waals surface area contributed by atoms with Gasteiger partial charge in [-0.05, 0) is 69.5 Å². The summed E-state index contributed by atoms with van der Waals surface area (Å²) >= 11 is 0. The highest BCUT2D eigenvalue weighted by molar-refractivity contribution is 5.96. The molecule has 1 aliphatic rings. The molecule has 52 heavy (non-hydrogen) atoms. The molecule has 8 heteroatoms. The summed E-state index contributed by atoms with van der Waals surface area (Å²) in [5.74, 6) is 1.31. The van der Waals surface area contributed by atoms with Crippen molar-refractivity contribution in [2.24, 2.45) is 0 Å². The third-order valence-electron chi connectivity index (χ3n) is 10.2. The van der Waals surface area contributed by atoms with Crippen molar-refractivity contribution >= 4 is 5.78 Å². The number of carbonyl (C=O) groups is 1. The van der Waals surface area contributed by atoms with Gasteiger partial charge in [-0.1, -0.05) is 146 Å². The van der Waals surface area contributed by atoms with Gasteiger partial charge in [-0.25, -0.2) is 9.67 Å². The van der Waals surface area contributed by atoms with E-state index in [2.05, 4.69) is 114 Å². The number of aromatic nitrogens is 6. The Bertz CT molecular complexity index is 2200. The maximum Gasteiger partial charge on any atom is 0.184 e. The maximum atomic E-state index is 13.2. The fraction of sp³-hybridized carbons (Fsp3) is 0.205. The van der Waals surface area contributed by atoms with Crippen molar-refractivity contribution in [1.82, 2.24) is 29.8 Å². The number of carbonyl (C=O) groups excluding carboxylic acids is 1. The molecule has 1 N–H and O–H groups in total. The van der Waals surface area contributed by atoms with E-state index >= 15 is 0 Å². The van der Waals surface area contributed by atoms with Crippen molar-refractivity contribution in [3.8, 4) is 22.5 Å². The molecule has 0 aliphatic heterocycles. The molecule has 0 amide bonds. The third-order valence-corrected chi connectivity index (χ3v) is 10.2. The topological polar surface area (TPSA) is 98.7 Å². The van der Waals surface area contributed by atoms with Crippen molar-refractivity contribution < 1.29 is 9.90 Å². The lowest BCUT2D eigenvalue weighted by Crippen LogP contribution is -2.39. The molecule has 0 saturated carbocycles. The Morgan fingerprint density at radius 1 is 0.712 bits per heavy atom. The average Bonchev–Trinajstić information content (AvgIpc) is 3.79. The molecular formula is C44H40N6O2. The van der Waals surface area contributed by atoms with Gasteiger partial charge in [0.25, 0.3) is 0 Å². The lowest BCUT2D eigenvalue weighted by molar-refractivity contribution is 0.0971. The monoisotopic (exact) mass is 684 g/mol. The summed E-state index contributed by atoms with van der Waals surface area (Å²) in [4.78, 5) is 18.0. The van der Waals surface area contributed by atoms with Crippen LogP contribution in [0.15, 0.2) is 140 Å². The molecule has 8 rings (SSSR count). The van der Waals surface area contributed by atoms with Crippen LogP contribution in [0.3, 0.4) is 0 Å². The Morgan fingerprint density at radius 2 is 1.27 bits per heavy atom. The average molecular weight is 685 g/mol. The van der Waals surface area contributed by atoms with Gasteiger partial charge in [0.2, 0.25) is 0 Å². The van der Waals surface area contributed by atoms with Crippen LogP contribution in [-0.4, -0.2) is 40.6 Å². The van der Waals surface area contributed by atoms with E-state index in [1.165, 1.54) is 0 Å². The molecule has 2 aromatic heterocycles. The third kappa shape index (κ3) is 5.85. The lowest BCUT2D eigenvalue weighted by Gasteiger charge is -2.36. The highest BCUT2D eigenvalue weighted by atomic mass is 16.3. The molecule has 5 aromatic carbocycles. The second-order valence-electron chi connectivity index (χ2n) is 13.4. The van der Waals surface area contributed by atoms with Crippen molar-refractivity contribution in [3.63, 3.8) is 0 Å². The minimum atomic E-state index is -0.874. The summed E-state index contributed by atoms with van der Waals surface area (Å²) in [5.41, 5.74) is 7.60. The zero-order valence-electron chi connectivity index (χ0n) is 29.1. The molecule has 0 fully saturated rings. The fourth-order valence-corrected chi connectivity index (χ4v) is 7.69. The molecule has 8 nitrogen and oxygen atoms in total. The number of tetrazole rings is 1. The van der Waals surface area contributed by atoms with Gasteiger partial charge >= 0.3 is 0 Å². The fourth-order valence-electron chi connectivity index (χ4n) is 7.69. The van der Waals surface area contributed by atoms with Gasteiger partial charge < -0.3 is 9.67 Å². The lowest BCUT2D eigenvalue weighted by atomic mass is 9.77. The van der Waals surface area contributed by atoms with E-state index in [0.717, 1.165) is 63.9 Å². The van der Waals surface area contributed by atoms with Gasteiger partial charge in [-0.2, -0.15) is 0 Å². The van der Waals surface area contributed by atoms with Gasteiger partial charge in [0, 0.05) is 18.5 Å². The number of hydrogen-bond donors (Lipinski definition) is 1. The molecule has 7 aromatic rings. The predicted molar refractivity (Wildman–Crippen MR) is 202 cm³/mol. The quantitative estimate of drug-likeness (QED) is 0.115. The Balaban J connectivity index is 1.23. The summed E-state index contributed by atoms with van der Waals surface area (Å²) < 4.78 is 3.91. The number of hydrogen-bond acceptors (Lipinski definition) is 6. The molecule has 1 atom stereocenters. The van der Waals surface area contributed by atoms with Gasteiger partial charge in [0.05, 0.1) is 5.69 Å². The van der Waals surface area contributed by atoms with E-state index in [0.29, 0.717) is 36.7 Å². The number of aryl methyl sites for hydroxylation is 1. The zero-order valence-corrected chi connectivity index (χ0v) is 29.1. The number of rotatable bonds is 10. The van der Waals surface area contributed by atoms with Crippen LogP contribution in [0.25, 0.3) is 22.5 Å². The van der Waals surface area contributed by atoms with E-state index in [9.17, 15) is 9.90 Å². The Labute approximate surface area is 303 Å². The predicted octanol–water partition coefficient (Wildman–Crippen LogP) is 8.44. The number of aliphatic hydroxyl groups is 1. The highest BCUT2D eigenvalue weighted by Crippen LogP contribution is 2.43. The van der Waals surface area contributed by atoms with Gasteiger partial charge in [-0.15, -0.1) is 5.10 Å². The summed E-state index contributed by atoms with van der Waals surface area (Å²) in [6, 6.07) is 47.8. The highest BCUT2D eigenvalue weighted by Gasteiger charge is 2.42. The maximum absolute atomic E-state index is 13.2. The van der Waals surface area contributed by atoms with Gasteiger partial charge in [0.15, 0.2) is 11.6 Å². The van der Waals surface area contributed by atoms with Crippen molar-refractivity contribution in [2.45, 2.75) is 57.2 Å². The molecule has 1 aliphatic carbocycles. The molecular weight excluding hydrogens is 645 g/mol. The second kappa shape index (κ2) is 14.3. The van der Waals surface area contributed by atoms with Crippen LogP contribution in [0.1, 0.15) is 83.0 Å². The van der Waals surface area contributed by atoms with E-state index in [1.807, 2.05) is 46.5 Å². The molecule has 0 spiro atoms. The second-order valence-corrected chi connectivity index (χ2v) is 13.4. The largest absolute Gasteiger partial charge is 0.385 e. The number of benzene rings is 5. The SMILES string of the molecule is CCC(O)c1nc2c(n1Cc1ccc(-c3ccccc3-c3nnnn3C(c3ccccc3)(c3ccccc3)c3ccccc3)cc1)C(=O)CCCC2. The number of imidazole rings is 1. The van der Waals surface area contributed by atoms with E-state index < -0.39 is 11.6 Å². The Hall–Kier alpha value is -5.99. The minimum absolute atomic E-state index is 0.107. The van der Waals surface area contributed by atoms with Crippen LogP contribution in [-0.2, 0) is 18.5 Å². The van der Waals surface area contributed by atoms with Crippen LogP contribution in [0.2, 0.25) is 0 Å². The van der Waals surface area contributed by atoms with Crippen LogP contribution < -0.4 is 0 Å². The molecule has 2 heterocycles. The zero-order chi connectivity index (χ0) is 35.5. The van der Waals surface area contributed by atoms with E-state index in [4.69, 9.17) is 15.3 Å². The standard InChI is InChI=1S/C44H40N6O2/c1-2-39(51)43-45-38-24-14-15-25-40(52)41(38)49(43)30-31-26-28-32(29-27-31)36-22-12-13-23-37(36)42-46-47-48-50(42)44(33-16-6-3-7-17-33,34-18-8-4-9-19-34)35-20-10-5-11-21-35/h3-13,16-23,26-29,39,51H,2,14-15,24-25,30H2,1H3. The first-order chi connectivity index (χ1) is 25.6. The molecule has 1 unspecified atom stereocenters. The van der Waals surface area contributed by atoms with Crippen molar-refractivity contribution in [3.05, 3.63) is 179 Å². The van der Waals surface area contributed by atoms with Crippen LogP contribution >= 0.6 is 0 Å². The minimum Gasteiger partial charge on any atom is -0.385 e. The smallest absolute Gasteiger partial charge is 0.184 e. The molecule has 0 radical (unpaired) electrons. The first-order valence-corrected chi connectivity index (χ1v) is 18.0. The first-order valence-electron chi connectivity index (χ1n) is 18.0. The number of fused-ring (bicyclic) bond motifs is 1. The van der Waals surface area contributed by atoms with Crippen LogP contribution in [0.4, 0.5) is 0 Å². The van der Waals surface area contributed by atoms with E-state index in [1.54, 1.807) is 0 Å². The van der Waals surface area contributed by atoms with Gasteiger partial charge in [0.1, 0.15) is 23.2 Å². The number of nitrogens with zero attached hydrogens (tertiary/aromatic N) is 6. The van der Waals surface area contributed by atoms with Crippen molar-refractivity contribution in [2.75, 3.05) is 0 Å². The number of Topliss-reactive ketones (excluding diaryl/α,β-unsaturated/α-hetero) is 1. The Kier molecular flexibility index (Phi) is 9.14. The number of aliphatic hydroxyl groups excluding tert-OH is 1. The summed E-state index contributed by atoms with van der Waals surface area (Å²) in [6.45, 7) is 2.39. The Morgan fingerprint density at radius 3 is 1.87 bits per heavy atom.